The van der Waals surface area contributed by atoms with Crippen molar-refractivity contribution < 1.29 is 14.6 Å². The molecule has 1 heterocycles. The first kappa shape index (κ1) is 19.4. The monoisotopic (exact) mass is 367 g/mol. The number of hydrogen-bond acceptors (Lipinski definition) is 3. The lowest BCUT2D eigenvalue weighted by Gasteiger charge is -2.33. The average Bonchev–Trinajstić information content (AvgIpc) is 2.73. The van der Waals surface area contributed by atoms with Crippen LogP contribution in [0.1, 0.15) is 54.1 Å². The number of piperidine rings is 1. The standard InChI is InChI=1S/C23H29NO3/c1-23(2,16-25)20-12-11-18(14-21(20)27-3)22(26)24-13-7-10-19(15-24)17-8-5-4-6-9-17/h4-6,8-9,11-12,14,19,25H,7,10,13,15-16H2,1-3H3. The number of rotatable bonds is 5. The van der Waals surface area contributed by atoms with E-state index in [1.54, 1.807) is 13.2 Å². The van der Waals surface area contributed by atoms with Crippen LogP contribution in [-0.4, -0.2) is 42.7 Å². The maximum atomic E-state index is 13.1. The second kappa shape index (κ2) is 8.13. The van der Waals surface area contributed by atoms with Crippen molar-refractivity contribution >= 4 is 5.91 Å². The zero-order valence-electron chi connectivity index (χ0n) is 16.4. The summed E-state index contributed by atoms with van der Waals surface area (Å²) >= 11 is 0. The van der Waals surface area contributed by atoms with Crippen LogP contribution >= 0.6 is 0 Å². The number of methoxy groups -OCH3 is 1. The zero-order chi connectivity index (χ0) is 19.4. The molecular weight excluding hydrogens is 338 g/mol. The normalized spacial score (nSPS) is 17.6. The van der Waals surface area contributed by atoms with Gasteiger partial charge in [-0.15, -0.1) is 0 Å². The summed E-state index contributed by atoms with van der Waals surface area (Å²) in [7, 11) is 1.60. The fourth-order valence-electron chi connectivity index (χ4n) is 3.81. The van der Waals surface area contributed by atoms with Gasteiger partial charge in [-0.05, 0) is 30.5 Å². The van der Waals surface area contributed by atoms with Crippen LogP contribution in [0.4, 0.5) is 0 Å². The molecule has 2 aromatic rings. The molecule has 2 aromatic carbocycles. The lowest BCUT2D eigenvalue weighted by atomic mass is 9.84. The van der Waals surface area contributed by atoms with Crippen LogP contribution < -0.4 is 4.74 Å². The third-order valence-corrected chi connectivity index (χ3v) is 5.55. The molecule has 1 aliphatic heterocycles. The second-order valence-corrected chi connectivity index (χ2v) is 7.96. The Morgan fingerprint density at radius 2 is 1.96 bits per heavy atom. The van der Waals surface area contributed by atoms with Gasteiger partial charge in [-0.3, -0.25) is 4.79 Å². The summed E-state index contributed by atoms with van der Waals surface area (Å²) in [6.45, 7) is 5.47. The number of ether oxygens (including phenoxy) is 1. The number of aliphatic hydroxyl groups excluding tert-OH is 1. The molecule has 4 heteroatoms. The Balaban J connectivity index is 1.81. The predicted octanol–water partition coefficient (Wildman–Crippen LogP) is 3.98. The maximum absolute atomic E-state index is 13.1. The van der Waals surface area contributed by atoms with E-state index in [1.165, 1.54) is 5.56 Å². The summed E-state index contributed by atoms with van der Waals surface area (Å²) in [5.74, 6) is 1.08. The molecule has 1 N–H and O–H groups in total. The van der Waals surface area contributed by atoms with Crippen LogP contribution in [0, 0.1) is 0 Å². The Bertz CT molecular complexity index is 785. The van der Waals surface area contributed by atoms with Crippen LogP contribution in [0.15, 0.2) is 48.5 Å². The third kappa shape index (κ3) is 4.16. The molecule has 0 saturated carbocycles. The van der Waals surface area contributed by atoms with E-state index >= 15 is 0 Å². The molecule has 1 atom stereocenters. The summed E-state index contributed by atoms with van der Waals surface area (Å²) in [6, 6.07) is 16.0. The van der Waals surface area contributed by atoms with Gasteiger partial charge in [0.2, 0.25) is 0 Å². The molecule has 4 nitrogen and oxygen atoms in total. The van der Waals surface area contributed by atoms with Gasteiger partial charge in [0.1, 0.15) is 5.75 Å². The first-order chi connectivity index (χ1) is 13.0. The van der Waals surface area contributed by atoms with Gasteiger partial charge in [-0.1, -0.05) is 50.2 Å². The van der Waals surface area contributed by atoms with Crippen molar-refractivity contribution in [1.29, 1.82) is 0 Å². The van der Waals surface area contributed by atoms with Gasteiger partial charge in [0.05, 0.1) is 13.7 Å². The van der Waals surface area contributed by atoms with E-state index in [4.69, 9.17) is 4.74 Å². The van der Waals surface area contributed by atoms with E-state index in [2.05, 4.69) is 24.3 Å². The molecule has 1 saturated heterocycles. The number of benzene rings is 2. The van der Waals surface area contributed by atoms with E-state index in [1.807, 2.05) is 36.9 Å². The minimum atomic E-state index is -0.420. The highest BCUT2D eigenvalue weighted by Gasteiger charge is 2.28. The van der Waals surface area contributed by atoms with E-state index in [0.717, 1.165) is 31.5 Å². The first-order valence-electron chi connectivity index (χ1n) is 9.60. The molecule has 1 unspecified atom stereocenters. The van der Waals surface area contributed by atoms with Crippen molar-refractivity contribution in [3.05, 3.63) is 65.2 Å². The van der Waals surface area contributed by atoms with Gasteiger partial charge in [0, 0.05) is 35.5 Å². The molecular formula is C23H29NO3. The van der Waals surface area contributed by atoms with Crippen LogP contribution in [0.5, 0.6) is 5.75 Å². The molecule has 0 aliphatic carbocycles. The number of nitrogens with zero attached hydrogens (tertiary/aromatic N) is 1. The summed E-state index contributed by atoms with van der Waals surface area (Å²) in [5, 5.41) is 9.66. The number of carbonyl (C=O) groups excluding carboxylic acids is 1. The van der Waals surface area contributed by atoms with Crippen LogP contribution in [0.25, 0.3) is 0 Å². The van der Waals surface area contributed by atoms with Crippen LogP contribution in [-0.2, 0) is 5.41 Å². The van der Waals surface area contributed by atoms with Gasteiger partial charge >= 0.3 is 0 Å². The highest BCUT2D eigenvalue weighted by atomic mass is 16.5. The summed E-state index contributed by atoms with van der Waals surface area (Å²) in [6.07, 6.45) is 2.12. The smallest absolute Gasteiger partial charge is 0.254 e. The SMILES string of the molecule is COc1cc(C(=O)N2CCCC(c3ccccc3)C2)ccc1C(C)(C)CO. The summed E-state index contributed by atoms with van der Waals surface area (Å²) < 4.78 is 5.52. The van der Waals surface area contributed by atoms with Crippen molar-refractivity contribution in [1.82, 2.24) is 4.90 Å². The minimum absolute atomic E-state index is 0.0154. The quantitative estimate of drug-likeness (QED) is 0.869. The number of amides is 1. The summed E-state index contributed by atoms with van der Waals surface area (Å²) in [4.78, 5) is 15.0. The molecule has 1 aliphatic rings. The molecule has 0 bridgehead atoms. The lowest BCUT2D eigenvalue weighted by molar-refractivity contribution is 0.0706. The fourth-order valence-corrected chi connectivity index (χ4v) is 3.81. The van der Waals surface area contributed by atoms with E-state index in [0.29, 0.717) is 17.2 Å². The van der Waals surface area contributed by atoms with Crippen molar-refractivity contribution in [2.45, 2.75) is 38.0 Å². The largest absolute Gasteiger partial charge is 0.496 e. The van der Waals surface area contributed by atoms with Crippen molar-refractivity contribution in [2.24, 2.45) is 0 Å². The summed E-state index contributed by atoms with van der Waals surface area (Å²) in [5.41, 5.74) is 2.42. The Hall–Kier alpha value is -2.33. The van der Waals surface area contributed by atoms with Gasteiger partial charge in [-0.25, -0.2) is 0 Å². The molecule has 1 fully saturated rings. The highest BCUT2D eigenvalue weighted by Crippen LogP contribution is 2.33. The van der Waals surface area contributed by atoms with Gasteiger partial charge in [-0.2, -0.15) is 0 Å². The fraction of sp³-hybridized carbons (Fsp3) is 0.435. The van der Waals surface area contributed by atoms with Crippen LogP contribution in [0.3, 0.4) is 0 Å². The predicted molar refractivity (Wildman–Crippen MR) is 107 cm³/mol. The highest BCUT2D eigenvalue weighted by molar-refractivity contribution is 5.95. The Kier molecular flexibility index (Phi) is 5.85. The first-order valence-corrected chi connectivity index (χ1v) is 9.60. The number of likely N-dealkylation sites (tertiary alicyclic amines) is 1. The van der Waals surface area contributed by atoms with Crippen molar-refractivity contribution in [3.63, 3.8) is 0 Å². The number of hydrogen-bond donors (Lipinski definition) is 1. The molecule has 0 radical (unpaired) electrons. The Morgan fingerprint density at radius 1 is 1.22 bits per heavy atom. The van der Waals surface area contributed by atoms with Crippen molar-refractivity contribution in [3.8, 4) is 5.75 Å². The average molecular weight is 367 g/mol. The molecule has 1 amide bonds. The van der Waals surface area contributed by atoms with Gasteiger partial charge in [0.25, 0.3) is 5.91 Å². The Labute approximate surface area is 161 Å². The van der Waals surface area contributed by atoms with Gasteiger partial charge < -0.3 is 14.7 Å². The van der Waals surface area contributed by atoms with Gasteiger partial charge in [0.15, 0.2) is 0 Å². The maximum Gasteiger partial charge on any atom is 0.254 e. The molecule has 3 rings (SSSR count). The minimum Gasteiger partial charge on any atom is -0.496 e. The van der Waals surface area contributed by atoms with Crippen LogP contribution in [0.2, 0.25) is 0 Å². The molecule has 0 aromatic heterocycles. The number of aliphatic hydroxyl groups is 1. The topological polar surface area (TPSA) is 49.8 Å². The molecule has 27 heavy (non-hydrogen) atoms. The van der Waals surface area contributed by atoms with Crippen molar-refractivity contribution in [2.75, 3.05) is 26.8 Å². The second-order valence-electron chi connectivity index (χ2n) is 7.96. The van der Waals surface area contributed by atoms with E-state index in [-0.39, 0.29) is 12.5 Å². The zero-order valence-corrected chi connectivity index (χ0v) is 16.4. The van der Waals surface area contributed by atoms with E-state index < -0.39 is 5.41 Å². The third-order valence-electron chi connectivity index (χ3n) is 5.55. The molecule has 144 valence electrons. The molecule has 0 spiro atoms. The van der Waals surface area contributed by atoms with E-state index in [9.17, 15) is 9.90 Å². The Morgan fingerprint density at radius 3 is 2.63 bits per heavy atom. The lowest BCUT2D eigenvalue weighted by Crippen LogP contribution is -2.39. The number of carbonyl (C=O) groups is 1.